The molecular formula is C6H14NO4P. The third-order valence-corrected chi connectivity index (χ3v) is 1.70. The Balaban J connectivity index is 3.34. The fourth-order valence-electron chi connectivity index (χ4n) is 0.415. The molecule has 0 aliphatic carbocycles. The summed E-state index contributed by atoms with van der Waals surface area (Å²) in [5.74, 6) is 0.328. The molecule has 0 bridgehead atoms. The Kier molecular flexibility index (Phi) is 7.05. The second-order valence-electron chi connectivity index (χ2n) is 2.56. The monoisotopic (exact) mass is 195 g/mol. The van der Waals surface area contributed by atoms with Crippen LogP contribution >= 0.6 is 8.25 Å². The van der Waals surface area contributed by atoms with E-state index in [4.69, 9.17) is 9.73 Å². The molecule has 0 saturated carbocycles. The van der Waals surface area contributed by atoms with Gasteiger partial charge in [0.1, 0.15) is 0 Å². The van der Waals surface area contributed by atoms with Crippen molar-refractivity contribution >= 4 is 14.5 Å². The van der Waals surface area contributed by atoms with E-state index in [1.54, 1.807) is 0 Å². The van der Waals surface area contributed by atoms with Crippen LogP contribution in [-0.2, 0) is 13.6 Å². The number of nitrogens with zero attached hydrogens (tertiary/aromatic N) is 1. The Morgan fingerprint density at radius 2 is 2.25 bits per heavy atom. The van der Waals surface area contributed by atoms with Crippen molar-refractivity contribution in [2.24, 2.45) is 11.1 Å². The molecule has 0 spiro atoms. The predicted octanol–water partition coefficient (Wildman–Crippen LogP) is 1.53. The van der Waals surface area contributed by atoms with Crippen molar-refractivity contribution < 1.29 is 18.8 Å². The Labute approximate surface area is 72.3 Å². The van der Waals surface area contributed by atoms with E-state index in [0.29, 0.717) is 12.5 Å². The van der Waals surface area contributed by atoms with Crippen molar-refractivity contribution in [2.75, 3.05) is 13.2 Å². The summed E-state index contributed by atoms with van der Waals surface area (Å²) in [6.45, 7) is 4.31. The average Bonchev–Trinajstić information content (AvgIpc) is 2.01. The van der Waals surface area contributed by atoms with Crippen LogP contribution in [0.15, 0.2) is 5.16 Å². The second kappa shape index (κ2) is 7.28. The lowest BCUT2D eigenvalue weighted by Gasteiger charge is -2.05. The molecule has 1 atom stereocenters. The summed E-state index contributed by atoms with van der Waals surface area (Å²) in [7, 11) is -2.41. The highest BCUT2D eigenvalue weighted by Gasteiger charge is 2.00. The van der Waals surface area contributed by atoms with Crippen molar-refractivity contribution in [1.82, 2.24) is 0 Å². The molecule has 0 aromatic heterocycles. The van der Waals surface area contributed by atoms with E-state index in [2.05, 4.69) is 9.68 Å². The Hall–Kier alpha value is -0.380. The van der Waals surface area contributed by atoms with E-state index >= 15 is 0 Å². The molecular weight excluding hydrogens is 181 g/mol. The molecule has 5 nitrogen and oxygen atoms in total. The summed E-state index contributed by atoms with van der Waals surface area (Å²) in [5.41, 5.74) is 0. The highest BCUT2D eigenvalue weighted by atomic mass is 31.1. The van der Waals surface area contributed by atoms with Crippen LogP contribution in [0.25, 0.3) is 0 Å². The van der Waals surface area contributed by atoms with Crippen molar-refractivity contribution in [3.63, 3.8) is 0 Å². The van der Waals surface area contributed by atoms with E-state index in [1.807, 2.05) is 13.8 Å². The molecule has 0 rings (SSSR count). The van der Waals surface area contributed by atoms with Crippen LogP contribution in [0.4, 0.5) is 0 Å². The zero-order chi connectivity index (χ0) is 9.40. The molecule has 0 amide bonds. The van der Waals surface area contributed by atoms with Crippen LogP contribution in [0, 0.1) is 5.92 Å². The largest absolute Gasteiger partial charge is 0.411 e. The average molecular weight is 195 g/mol. The Morgan fingerprint density at radius 3 is 2.75 bits per heavy atom. The van der Waals surface area contributed by atoms with Crippen LogP contribution in [0.5, 0.6) is 0 Å². The van der Waals surface area contributed by atoms with Gasteiger partial charge in [-0.25, -0.2) is 0 Å². The molecule has 0 aromatic rings. The summed E-state index contributed by atoms with van der Waals surface area (Å²) in [5, 5.41) is 10.6. The third kappa shape index (κ3) is 7.72. The topological polar surface area (TPSA) is 68.1 Å². The number of oxime groups is 1. The third-order valence-electron chi connectivity index (χ3n) is 0.892. The van der Waals surface area contributed by atoms with Gasteiger partial charge < -0.3 is 14.3 Å². The standard InChI is InChI=1S/C6H14NO4P/c1-6(2)5-11-12(9)10-4-3-7-8/h3,6,8,12H,4-5H2,1-2H3. The Bertz CT molecular complexity index is 160. The number of rotatable bonds is 6. The summed E-state index contributed by atoms with van der Waals surface area (Å²) >= 11 is 0. The van der Waals surface area contributed by atoms with Gasteiger partial charge in [-0.2, -0.15) is 0 Å². The summed E-state index contributed by atoms with van der Waals surface area (Å²) in [6.07, 6.45) is 1.10. The Morgan fingerprint density at radius 1 is 1.58 bits per heavy atom. The molecule has 0 saturated heterocycles. The lowest BCUT2D eigenvalue weighted by Crippen LogP contribution is -1.97. The highest BCUT2D eigenvalue weighted by Crippen LogP contribution is 2.23. The van der Waals surface area contributed by atoms with Gasteiger partial charge in [-0.3, -0.25) is 4.57 Å². The maximum Gasteiger partial charge on any atom is 0.319 e. The van der Waals surface area contributed by atoms with E-state index in [9.17, 15) is 4.57 Å². The van der Waals surface area contributed by atoms with Gasteiger partial charge in [-0.05, 0) is 5.92 Å². The molecule has 1 unspecified atom stereocenters. The minimum absolute atomic E-state index is 0.00634. The van der Waals surface area contributed by atoms with Crippen molar-refractivity contribution in [1.29, 1.82) is 0 Å². The lowest BCUT2D eigenvalue weighted by molar-refractivity contribution is 0.221. The first-order valence-corrected chi connectivity index (χ1v) is 4.84. The fourth-order valence-corrected chi connectivity index (χ4v) is 1.18. The first-order chi connectivity index (χ1) is 5.66. The molecule has 12 heavy (non-hydrogen) atoms. The summed E-state index contributed by atoms with van der Waals surface area (Å²) < 4.78 is 20.3. The van der Waals surface area contributed by atoms with Gasteiger partial charge in [0, 0.05) is 0 Å². The van der Waals surface area contributed by atoms with Crippen LogP contribution in [0.3, 0.4) is 0 Å². The SMILES string of the molecule is CC(C)CO[PH](=O)OCC=NO. The van der Waals surface area contributed by atoms with E-state index in [-0.39, 0.29) is 6.61 Å². The van der Waals surface area contributed by atoms with E-state index in [0.717, 1.165) is 6.21 Å². The molecule has 0 aliphatic rings. The van der Waals surface area contributed by atoms with Crippen LogP contribution in [0.2, 0.25) is 0 Å². The first kappa shape index (κ1) is 11.6. The maximum absolute atomic E-state index is 10.8. The van der Waals surface area contributed by atoms with Crippen molar-refractivity contribution in [3.8, 4) is 0 Å². The van der Waals surface area contributed by atoms with Crippen LogP contribution in [-0.4, -0.2) is 24.6 Å². The van der Waals surface area contributed by atoms with Gasteiger partial charge in [0.05, 0.1) is 19.4 Å². The maximum atomic E-state index is 10.8. The predicted molar refractivity (Wildman–Crippen MR) is 46.0 cm³/mol. The lowest BCUT2D eigenvalue weighted by atomic mass is 10.2. The smallest absolute Gasteiger partial charge is 0.319 e. The first-order valence-electron chi connectivity index (χ1n) is 3.62. The van der Waals surface area contributed by atoms with Gasteiger partial charge in [-0.15, -0.1) is 0 Å². The van der Waals surface area contributed by atoms with Crippen molar-refractivity contribution in [3.05, 3.63) is 0 Å². The second-order valence-corrected chi connectivity index (χ2v) is 3.64. The summed E-state index contributed by atoms with van der Waals surface area (Å²) in [6, 6.07) is 0. The van der Waals surface area contributed by atoms with Gasteiger partial charge in [-0.1, -0.05) is 19.0 Å². The minimum Gasteiger partial charge on any atom is -0.411 e. The molecule has 72 valence electrons. The molecule has 6 heteroatoms. The van der Waals surface area contributed by atoms with Gasteiger partial charge in [0.15, 0.2) is 0 Å². The van der Waals surface area contributed by atoms with Crippen molar-refractivity contribution in [2.45, 2.75) is 13.8 Å². The number of hydrogen-bond acceptors (Lipinski definition) is 5. The minimum atomic E-state index is -2.41. The molecule has 0 radical (unpaired) electrons. The van der Waals surface area contributed by atoms with Gasteiger partial charge >= 0.3 is 8.25 Å². The summed E-state index contributed by atoms with van der Waals surface area (Å²) in [4.78, 5) is 0. The normalized spacial score (nSPS) is 14.2. The number of hydrogen-bond donors (Lipinski definition) is 1. The molecule has 0 heterocycles. The molecule has 1 N–H and O–H groups in total. The van der Waals surface area contributed by atoms with Crippen LogP contribution in [0.1, 0.15) is 13.8 Å². The van der Waals surface area contributed by atoms with E-state index in [1.165, 1.54) is 0 Å². The highest BCUT2D eigenvalue weighted by molar-refractivity contribution is 7.33. The quantitative estimate of drug-likeness (QED) is 0.302. The van der Waals surface area contributed by atoms with E-state index < -0.39 is 8.25 Å². The van der Waals surface area contributed by atoms with Gasteiger partial charge in [0.25, 0.3) is 0 Å². The molecule has 0 aliphatic heterocycles. The molecule has 0 fully saturated rings. The van der Waals surface area contributed by atoms with Gasteiger partial charge in [0.2, 0.25) is 0 Å². The van der Waals surface area contributed by atoms with Crippen LogP contribution < -0.4 is 0 Å². The zero-order valence-corrected chi connectivity index (χ0v) is 8.19. The zero-order valence-electron chi connectivity index (χ0n) is 7.19. The fraction of sp³-hybridized carbons (Fsp3) is 0.833. The molecule has 0 aromatic carbocycles.